The molecule has 1 aliphatic rings. The standard InChI is InChI=1S/C22H29F7N2O5/c1-34-7-6-31(19(33)15-3-2-4-16(9-15)22(27,28)29)12-18-11-30(5-8-36-18)10-17(32)13-35-14-21(25,26)20(23)24/h2-4,9,17-18,20,32H,5-8,10-14H2,1H3. The highest BCUT2D eigenvalue weighted by Gasteiger charge is 2.41. The summed E-state index contributed by atoms with van der Waals surface area (Å²) in [7, 11) is 1.41. The molecule has 1 aromatic rings. The second-order valence-corrected chi connectivity index (χ2v) is 8.31. The number of halogens is 7. The van der Waals surface area contributed by atoms with E-state index in [1.807, 2.05) is 0 Å². The molecule has 1 aliphatic heterocycles. The van der Waals surface area contributed by atoms with Crippen LogP contribution in [-0.4, -0.2) is 112 Å². The predicted molar refractivity (Wildman–Crippen MR) is 113 cm³/mol. The number of hydrogen-bond acceptors (Lipinski definition) is 6. The highest BCUT2D eigenvalue weighted by molar-refractivity contribution is 5.94. The monoisotopic (exact) mass is 534 g/mol. The highest BCUT2D eigenvalue weighted by atomic mass is 19.4. The van der Waals surface area contributed by atoms with Crippen molar-refractivity contribution in [1.82, 2.24) is 9.80 Å². The van der Waals surface area contributed by atoms with E-state index in [4.69, 9.17) is 9.47 Å². The number of amides is 1. The molecule has 0 aromatic heterocycles. The van der Waals surface area contributed by atoms with Gasteiger partial charge in [0.25, 0.3) is 5.91 Å². The fourth-order valence-corrected chi connectivity index (χ4v) is 3.54. The zero-order valence-electron chi connectivity index (χ0n) is 19.5. The van der Waals surface area contributed by atoms with Crippen LogP contribution in [0.1, 0.15) is 15.9 Å². The van der Waals surface area contributed by atoms with Crippen molar-refractivity contribution < 1.29 is 54.8 Å². The van der Waals surface area contributed by atoms with Crippen molar-refractivity contribution >= 4 is 5.91 Å². The van der Waals surface area contributed by atoms with Crippen molar-refractivity contribution in [2.45, 2.75) is 30.7 Å². The maximum absolute atomic E-state index is 13.1. The zero-order chi connectivity index (χ0) is 26.9. The van der Waals surface area contributed by atoms with Gasteiger partial charge in [-0.15, -0.1) is 0 Å². The Kier molecular flexibility index (Phi) is 11.3. The van der Waals surface area contributed by atoms with Crippen LogP contribution in [0.2, 0.25) is 0 Å². The van der Waals surface area contributed by atoms with E-state index in [-0.39, 0.29) is 45.0 Å². The first-order chi connectivity index (χ1) is 16.8. The van der Waals surface area contributed by atoms with Crippen molar-refractivity contribution in [3.63, 3.8) is 0 Å². The van der Waals surface area contributed by atoms with E-state index < -0.39 is 55.4 Å². The topological polar surface area (TPSA) is 71.5 Å². The third-order valence-corrected chi connectivity index (χ3v) is 5.33. The molecule has 2 rings (SSSR count). The average molecular weight is 534 g/mol. The molecule has 1 amide bonds. The van der Waals surface area contributed by atoms with Crippen LogP contribution >= 0.6 is 0 Å². The zero-order valence-corrected chi connectivity index (χ0v) is 19.5. The Morgan fingerprint density at radius 3 is 2.64 bits per heavy atom. The quantitative estimate of drug-likeness (QED) is 0.393. The van der Waals surface area contributed by atoms with E-state index in [0.717, 1.165) is 18.2 Å². The molecule has 206 valence electrons. The molecular formula is C22H29F7N2O5. The number of aliphatic hydroxyl groups is 1. The summed E-state index contributed by atoms with van der Waals surface area (Å²) in [5.41, 5.74) is -1.11. The van der Waals surface area contributed by atoms with Gasteiger partial charge in [0.2, 0.25) is 0 Å². The number of alkyl halides is 7. The van der Waals surface area contributed by atoms with Crippen molar-refractivity contribution in [1.29, 1.82) is 0 Å². The molecule has 2 atom stereocenters. The lowest BCUT2D eigenvalue weighted by molar-refractivity contribution is -0.171. The van der Waals surface area contributed by atoms with Gasteiger partial charge in [-0.25, -0.2) is 8.78 Å². The molecule has 2 unspecified atom stereocenters. The molecule has 1 N–H and O–H groups in total. The highest BCUT2D eigenvalue weighted by Crippen LogP contribution is 2.30. The minimum Gasteiger partial charge on any atom is -0.389 e. The summed E-state index contributed by atoms with van der Waals surface area (Å²) in [6, 6.07) is 4.05. The number of β-amino-alcohol motifs (C(OH)–C–C–N with tert-alkyl or cyclic N) is 1. The lowest BCUT2D eigenvalue weighted by atomic mass is 10.1. The first kappa shape index (κ1) is 30.2. The molecule has 0 radical (unpaired) electrons. The van der Waals surface area contributed by atoms with Gasteiger partial charge in [-0.05, 0) is 18.2 Å². The van der Waals surface area contributed by atoms with Crippen LogP contribution in [0.3, 0.4) is 0 Å². The summed E-state index contributed by atoms with van der Waals surface area (Å²) in [5, 5.41) is 10.0. The number of rotatable bonds is 13. The second kappa shape index (κ2) is 13.5. The largest absolute Gasteiger partial charge is 0.416 e. The second-order valence-electron chi connectivity index (χ2n) is 8.31. The Balaban J connectivity index is 1.95. The Labute approximate surface area is 203 Å². The fourth-order valence-electron chi connectivity index (χ4n) is 3.54. The third-order valence-electron chi connectivity index (χ3n) is 5.33. The minimum atomic E-state index is -4.61. The molecule has 0 bridgehead atoms. The van der Waals surface area contributed by atoms with Crippen LogP contribution in [0, 0.1) is 0 Å². The SMILES string of the molecule is COCCN(CC1CN(CC(O)COCC(F)(F)C(F)F)CCO1)C(=O)c1cccc(C(F)(F)F)c1. The molecule has 7 nitrogen and oxygen atoms in total. The van der Waals surface area contributed by atoms with Gasteiger partial charge in [-0.1, -0.05) is 6.07 Å². The number of aliphatic hydroxyl groups excluding tert-OH is 1. The molecule has 0 saturated carbocycles. The van der Waals surface area contributed by atoms with Gasteiger partial charge in [0.15, 0.2) is 0 Å². The lowest BCUT2D eigenvalue weighted by Crippen LogP contribution is -2.51. The summed E-state index contributed by atoms with van der Waals surface area (Å²) in [5.74, 6) is -4.96. The molecule has 36 heavy (non-hydrogen) atoms. The summed E-state index contributed by atoms with van der Waals surface area (Å²) in [4.78, 5) is 16.0. The molecule has 1 heterocycles. The van der Waals surface area contributed by atoms with Crippen LogP contribution in [-0.2, 0) is 20.4 Å². The molecular weight excluding hydrogens is 505 g/mol. The van der Waals surface area contributed by atoms with E-state index in [1.165, 1.54) is 18.1 Å². The summed E-state index contributed by atoms with van der Waals surface area (Å²) >= 11 is 0. The van der Waals surface area contributed by atoms with Crippen LogP contribution < -0.4 is 0 Å². The normalized spacial score (nSPS) is 18.4. The van der Waals surface area contributed by atoms with Gasteiger partial charge < -0.3 is 24.2 Å². The number of carbonyl (C=O) groups excluding carboxylic acids is 1. The number of benzene rings is 1. The van der Waals surface area contributed by atoms with Gasteiger partial charge in [0.1, 0.15) is 6.61 Å². The maximum atomic E-state index is 13.1. The van der Waals surface area contributed by atoms with Crippen LogP contribution in [0.15, 0.2) is 24.3 Å². The van der Waals surface area contributed by atoms with Crippen LogP contribution in [0.4, 0.5) is 30.7 Å². The third kappa shape index (κ3) is 9.47. The first-order valence-corrected chi connectivity index (χ1v) is 11.0. The Morgan fingerprint density at radius 1 is 1.28 bits per heavy atom. The van der Waals surface area contributed by atoms with Gasteiger partial charge >= 0.3 is 18.5 Å². The summed E-state index contributed by atoms with van der Waals surface area (Å²) < 4.78 is 105. The Bertz CT molecular complexity index is 828. The van der Waals surface area contributed by atoms with Gasteiger partial charge in [0.05, 0.1) is 37.6 Å². The smallest absolute Gasteiger partial charge is 0.389 e. The number of ether oxygens (including phenoxy) is 3. The predicted octanol–water partition coefficient (Wildman–Crippen LogP) is 2.77. The first-order valence-electron chi connectivity index (χ1n) is 11.0. The van der Waals surface area contributed by atoms with Crippen molar-refractivity contribution in [2.24, 2.45) is 0 Å². The van der Waals surface area contributed by atoms with Crippen LogP contribution in [0.25, 0.3) is 0 Å². The van der Waals surface area contributed by atoms with Crippen molar-refractivity contribution in [3.05, 3.63) is 35.4 Å². The average Bonchev–Trinajstić information content (AvgIpc) is 2.81. The van der Waals surface area contributed by atoms with Crippen LogP contribution in [0.5, 0.6) is 0 Å². The molecule has 0 aliphatic carbocycles. The minimum absolute atomic E-state index is 0.0160. The van der Waals surface area contributed by atoms with E-state index in [2.05, 4.69) is 4.74 Å². The van der Waals surface area contributed by atoms with E-state index in [9.17, 15) is 40.6 Å². The molecule has 0 spiro atoms. The Hall–Kier alpha value is -2.00. The van der Waals surface area contributed by atoms with Crippen molar-refractivity contribution in [3.8, 4) is 0 Å². The molecule has 14 heteroatoms. The van der Waals surface area contributed by atoms with E-state index in [1.54, 1.807) is 4.90 Å². The van der Waals surface area contributed by atoms with E-state index in [0.29, 0.717) is 6.54 Å². The maximum Gasteiger partial charge on any atom is 0.416 e. The van der Waals surface area contributed by atoms with Gasteiger partial charge in [0, 0.05) is 45.4 Å². The fraction of sp³-hybridized carbons (Fsp3) is 0.682. The number of carbonyl (C=O) groups is 1. The van der Waals surface area contributed by atoms with Gasteiger partial charge in [-0.3, -0.25) is 9.69 Å². The number of morpholine rings is 1. The summed E-state index contributed by atoms with van der Waals surface area (Å²) in [6.45, 7) is -1.14. The number of nitrogens with zero attached hydrogens (tertiary/aromatic N) is 2. The molecule has 1 aromatic carbocycles. The Morgan fingerprint density at radius 2 is 2.00 bits per heavy atom. The number of methoxy groups -OCH3 is 1. The van der Waals surface area contributed by atoms with Gasteiger partial charge in [-0.2, -0.15) is 22.0 Å². The molecule has 1 saturated heterocycles. The van der Waals surface area contributed by atoms with Crippen molar-refractivity contribution in [2.75, 3.05) is 66.3 Å². The molecule has 1 fully saturated rings. The van der Waals surface area contributed by atoms with E-state index >= 15 is 0 Å². The lowest BCUT2D eigenvalue weighted by Gasteiger charge is -2.36. The number of hydrogen-bond donors (Lipinski definition) is 1. The summed E-state index contributed by atoms with van der Waals surface area (Å²) in [6.07, 6.45) is -10.3.